The predicted octanol–water partition coefficient (Wildman–Crippen LogP) is 4.93. The third-order valence-corrected chi connectivity index (χ3v) is 4.28. The molecule has 0 aromatic heterocycles. The summed E-state index contributed by atoms with van der Waals surface area (Å²) >= 11 is 0. The highest BCUT2D eigenvalue weighted by molar-refractivity contribution is 5.33. The van der Waals surface area contributed by atoms with Crippen LogP contribution in [0.2, 0.25) is 0 Å². The van der Waals surface area contributed by atoms with Crippen molar-refractivity contribution in [3.63, 3.8) is 0 Å². The van der Waals surface area contributed by atoms with Crippen LogP contribution in [0.1, 0.15) is 53.6 Å². The molecule has 0 spiro atoms. The maximum absolute atomic E-state index is 3.46. The average molecular weight is 281 g/mol. The fraction of sp³-hybridized carbons (Fsp3) is 0.400. The molecule has 1 unspecified atom stereocenters. The summed E-state index contributed by atoms with van der Waals surface area (Å²) < 4.78 is 0. The second-order valence-electron chi connectivity index (χ2n) is 6.30. The smallest absolute Gasteiger partial charge is 0.0358 e. The molecule has 1 N–H and O–H groups in total. The molecule has 21 heavy (non-hydrogen) atoms. The van der Waals surface area contributed by atoms with E-state index >= 15 is 0 Å². The first-order valence-corrected chi connectivity index (χ1v) is 7.84. The largest absolute Gasteiger partial charge is 0.313 e. The Morgan fingerprint density at radius 2 is 1.52 bits per heavy atom. The Hall–Kier alpha value is -1.60. The van der Waals surface area contributed by atoms with Crippen LogP contribution in [0.3, 0.4) is 0 Å². The van der Waals surface area contributed by atoms with Crippen LogP contribution in [0.15, 0.2) is 42.5 Å². The normalized spacial score (nSPS) is 12.7. The fourth-order valence-corrected chi connectivity index (χ4v) is 2.74. The molecule has 2 rings (SSSR count). The van der Waals surface area contributed by atoms with Crippen LogP contribution in [-0.2, 0) is 6.42 Å². The molecule has 0 saturated heterocycles. The molecule has 0 radical (unpaired) electrons. The van der Waals surface area contributed by atoms with Crippen molar-refractivity contribution < 1.29 is 0 Å². The molecule has 0 aliphatic rings. The van der Waals surface area contributed by atoms with Gasteiger partial charge in [-0.2, -0.15) is 0 Å². The number of hydrogen-bond donors (Lipinski definition) is 1. The van der Waals surface area contributed by atoms with E-state index in [-0.39, 0.29) is 0 Å². The maximum atomic E-state index is 3.46. The number of benzene rings is 2. The SMILES string of the molecule is CNC(Cc1cc(C)ccc1C)c1ccc(C(C)C)cc1. The van der Waals surface area contributed by atoms with Crippen molar-refractivity contribution in [3.05, 3.63) is 70.3 Å². The summed E-state index contributed by atoms with van der Waals surface area (Å²) in [6, 6.07) is 16.1. The van der Waals surface area contributed by atoms with Gasteiger partial charge in [-0.05, 0) is 55.5 Å². The molecule has 0 aliphatic heterocycles. The molecule has 0 saturated carbocycles. The molecule has 112 valence electrons. The van der Waals surface area contributed by atoms with E-state index in [1.807, 2.05) is 7.05 Å². The van der Waals surface area contributed by atoms with Crippen molar-refractivity contribution >= 4 is 0 Å². The lowest BCUT2D eigenvalue weighted by Crippen LogP contribution is -2.19. The summed E-state index contributed by atoms with van der Waals surface area (Å²) in [5.41, 5.74) is 6.91. The quantitative estimate of drug-likeness (QED) is 0.819. The van der Waals surface area contributed by atoms with Crippen molar-refractivity contribution in [2.45, 2.75) is 46.1 Å². The molecule has 0 bridgehead atoms. The van der Waals surface area contributed by atoms with Gasteiger partial charge in [0.15, 0.2) is 0 Å². The van der Waals surface area contributed by atoms with Crippen LogP contribution in [0.25, 0.3) is 0 Å². The molecular formula is C20H27N. The number of nitrogens with one attached hydrogen (secondary N) is 1. The molecule has 1 atom stereocenters. The topological polar surface area (TPSA) is 12.0 Å². The van der Waals surface area contributed by atoms with Crippen molar-refractivity contribution in [1.29, 1.82) is 0 Å². The summed E-state index contributed by atoms with van der Waals surface area (Å²) in [6.45, 7) is 8.83. The second-order valence-corrected chi connectivity index (χ2v) is 6.30. The van der Waals surface area contributed by atoms with Gasteiger partial charge in [-0.15, -0.1) is 0 Å². The minimum atomic E-state index is 0.367. The van der Waals surface area contributed by atoms with Gasteiger partial charge in [0.1, 0.15) is 0 Å². The molecule has 0 fully saturated rings. The van der Waals surface area contributed by atoms with Crippen LogP contribution >= 0.6 is 0 Å². The van der Waals surface area contributed by atoms with Gasteiger partial charge in [0.25, 0.3) is 0 Å². The molecule has 1 heteroatoms. The Kier molecular flexibility index (Phi) is 5.19. The molecule has 0 aliphatic carbocycles. The van der Waals surface area contributed by atoms with Crippen molar-refractivity contribution in [3.8, 4) is 0 Å². The molecule has 1 nitrogen and oxygen atoms in total. The van der Waals surface area contributed by atoms with Gasteiger partial charge >= 0.3 is 0 Å². The Morgan fingerprint density at radius 3 is 2.10 bits per heavy atom. The van der Waals surface area contributed by atoms with Crippen LogP contribution in [0.4, 0.5) is 0 Å². The van der Waals surface area contributed by atoms with E-state index in [1.54, 1.807) is 0 Å². The first-order chi connectivity index (χ1) is 10.0. The lowest BCUT2D eigenvalue weighted by atomic mass is 9.93. The van der Waals surface area contributed by atoms with Crippen molar-refractivity contribution in [2.75, 3.05) is 7.05 Å². The van der Waals surface area contributed by atoms with Gasteiger partial charge in [-0.25, -0.2) is 0 Å². The Morgan fingerprint density at radius 1 is 0.905 bits per heavy atom. The predicted molar refractivity (Wildman–Crippen MR) is 92.0 cm³/mol. The molecule has 2 aromatic rings. The zero-order valence-electron chi connectivity index (χ0n) is 13.9. The highest BCUT2D eigenvalue weighted by Crippen LogP contribution is 2.23. The Labute approximate surface area is 129 Å². The molecule has 2 aromatic carbocycles. The third-order valence-electron chi connectivity index (χ3n) is 4.28. The van der Waals surface area contributed by atoms with Gasteiger partial charge in [0.2, 0.25) is 0 Å². The highest BCUT2D eigenvalue weighted by Gasteiger charge is 2.12. The summed E-state index contributed by atoms with van der Waals surface area (Å²) in [4.78, 5) is 0. The lowest BCUT2D eigenvalue weighted by molar-refractivity contribution is 0.590. The summed E-state index contributed by atoms with van der Waals surface area (Å²) in [6.07, 6.45) is 1.03. The first kappa shape index (κ1) is 15.8. The zero-order valence-corrected chi connectivity index (χ0v) is 13.9. The van der Waals surface area contributed by atoms with E-state index in [4.69, 9.17) is 0 Å². The van der Waals surface area contributed by atoms with Gasteiger partial charge in [-0.3, -0.25) is 0 Å². The first-order valence-electron chi connectivity index (χ1n) is 7.84. The number of hydrogen-bond acceptors (Lipinski definition) is 1. The minimum absolute atomic E-state index is 0.367. The summed E-state index contributed by atoms with van der Waals surface area (Å²) in [5, 5.41) is 3.46. The summed E-state index contributed by atoms with van der Waals surface area (Å²) in [7, 11) is 2.05. The minimum Gasteiger partial charge on any atom is -0.313 e. The van der Waals surface area contributed by atoms with E-state index in [2.05, 4.69) is 75.5 Å². The summed E-state index contributed by atoms with van der Waals surface area (Å²) in [5.74, 6) is 0.589. The highest BCUT2D eigenvalue weighted by atomic mass is 14.9. The van der Waals surface area contributed by atoms with Crippen molar-refractivity contribution in [1.82, 2.24) is 5.32 Å². The molecule has 0 amide bonds. The van der Waals surface area contributed by atoms with Crippen LogP contribution in [-0.4, -0.2) is 7.05 Å². The van der Waals surface area contributed by atoms with Gasteiger partial charge < -0.3 is 5.32 Å². The Balaban J connectivity index is 2.21. The number of aryl methyl sites for hydroxylation is 2. The van der Waals surface area contributed by atoms with E-state index in [9.17, 15) is 0 Å². The zero-order chi connectivity index (χ0) is 15.4. The monoisotopic (exact) mass is 281 g/mol. The number of likely N-dealkylation sites (N-methyl/N-ethyl adjacent to an activating group) is 1. The number of rotatable bonds is 5. The third kappa shape index (κ3) is 3.95. The van der Waals surface area contributed by atoms with E-state index in [1.165, 1.54) is 27.8 Å². The maximum Gasteiger partial charge on any atom is 0.0358 e. The van der Waals surface area contributed by atoms with Gasteiger partial charge in [-0.1, -0.05) is 61.9 Å². The standard InChI is InChI=1S/C20H27N/c1-14(2)17-8-10-18(11-9-17)20(21-5)13-19-12-15(3)6-7-16(19)4/h6-12,14,20-21H,13H2,1-5H3. The molecular weight excluding hydrogens is 254 g/mol. The van der Waals surface area contributed by atoms with Crippen LogP contribution < -0.4 is 5.32 Å². The van der Waals surface area contributed by atoms with Crippen LogP contribution in [0.5, 0.6) is 0 Å². The van der Waals surface area contributed by atoms with Crippen LogP contribution in [0, 0.1) is 13.8 Å². The van der Waals surface area contributed by atoms with E-state index in [0.717, 1.165) is 6.42 Å². The van der Waals surface area contributed by atoms with Gasteiger partial charge in [0.05, 0.1) is 0 Å². The van der Waals surface area contributed by atoms with E-state index < -0.39 is 0 Å². The average Bonchev–Trinajstić information content (AvgIpc) is 2.48. The molecule has 0 heterocycles. The van der Waals surface area contributed by atoms with Crippen molar-refractivity contribution in [2.24, 2.45) is 0 Å². The second kappa shape index (κ2) is 6.91. The van der Waals surface area contributed by atoms with Gasteiger partial charge in [0, 0.05) is 6.04 Å². The lowest BCUT2D eigenvalue weighted by Gasteiger charge is -2.19. The Bertz CT molecular complexity index is 581. The van der Waals surface area contributed by atoms with E-state index in [0.29, 0.717) is 12.0 Å². The fourth-order valence-electron chi connectivity index (χ4n) is 2.74.